The normalized spacial score (nSPS) is 21.5. The van der Waals surface area contributed by atoms with Crippen LogP contribution in [0.1, 0.15) is 37.1 Å². The summed E-state index contributed by atoms with van der Waals surface area (Å²) in [5.41, 5.74) is 3.93. The van der Waals surface area contributed by atoms with Gasteiger partial charge in [-0.1, -0.05) is 44.5 Å². The number of carbonyl (C=O) groups is 1. The number of carbonyl (C=O) groups excluding carboxylic acids is 1. The Morgan fingerprint density at radius 1 is 1.38 bits per heavy atom. The molecule has 0 saturated carbocycles. The van der Waals surface area contributed by atoms with E-state index in [1.54, 1.807) is 20.7 Å². The Bertz CT molecular complexity index is 875. The van der Waals surface area contributed by atoms with Crippen molar-refractivity contribution in [1.82, 2.24) is 0 Å². The largest absolute Gasteiger partial charge is 0.368 e. The molecule has 0 unspecified atom stereocenters. The number of hydrogen-bond acceptors (Lipinski definition) is 5. The molecule has 1 saturated heterocycles. The summed E-state index contributed by atoms with van der Waals surface area (Å²) in [6.07, 6.45) is 1.43. The molecular weight excluding hydrogens is 358 g/mol. The van der Waals surface area contributed by atoms with Crippen molar-refractivity contribution in [3.63, 3.8) is 0 Å². The van der Waals surface area contributed by atoms with E-state index in [9.17, 15) is 4.79 Å². The summed E-state index contributed by atoms with van der Waals surface area (Å²) in [5.74, 6) is 0.0672. The fourth-order valence-electron chi connectivity index (χ4n) is 3.65. The van der Waals surface area contributed by atoms with E-state index in [1.165, 1.54) is 10.4 Å². The molecule has 3 heterocycles. The summed E-state index contributed by atoms with van der Waals surface area (Å²) in [4.78, 5) is 16.4. The number of aryl methyl sites for hydroxylation is 1. The highest BCUT2D eigenvalue weighted by Gasteiger charge is 2.45. The molecule has 0 aliphatic carbocycles. The first-order valence-electron chi connectivity index (χ1n) is 8.11. The van der Waals surface area contributed by atoms with Gasteiger partial charge in [0.05, 0.1) is 16.1 Å². The van der Waals surface area contributed by atoms with Gasteiger partial charge in [0.25, 0.3) is 5.91 Å². The molecule has 1 amide bonds. The Hall–Kier alpha value is -1.08. The third kappa shape index (κ3) is 2.31. The van der Waals surface area contributed by atoms with E-state index in [1.807, 2.05) is 4.90 Å². The molecule has 1 aromatic heterocycles. The highest BCUT2D eigenvalue weighted by molar-refractivity contribution is 7.80. The third-order valence-electron chi connectivity index (χ3n) is 4.83. The van der Waals surface area contributed by atoms with Crippen molar-refractivity contribution in [2.75, 3.05) is 11.5 Å². The Labute approximate surface area is 154 Å². The molecule has 0 spiro atoms. The Morgan fingerprint density at radius 3 is 2.88 bits per heavy atom. The molecule has 1 aromatic carbocycles. The minimum absolute atomic E-state index is 0.0672. The van der Waals surface area contributed by atoms with E-state index in [4.69, 9.17) is 17.0 Å². The minimum atomic E-state index is -0.418. The first-order chi connectivity index (χ1) is 11.4. The van der Waals surface area contributed by atoms with Crippen LogP contribution in [0.4, 0.5) is 5.69 Å². The topological polar surface area (TPSA) is 29.5 Å². The highest BCUT2D eigenvalue weighted by Crippen LogP contribution is 2.52. The molecule has 24 heavy (non-hydrogen) atoms. The molecule has 0 bridgehead atoms. The summed E-state index contributed by atoms with van der Waals surface area (Å²) >= 11 is 5.61. The van der Waals surface area contributed by atoms with Gasteiger partial charge in [-0.15, -0.1) is 0 Å². The van der Waals surface area contributed by atoms with Gasteiger partial charge in [0, 0.05) is 17.7 Å². The van der Waals surface area contributed by atoms with Crippen LogP contribution in [-0.4, -0.2) is 18.6 Å². The number of fused-ring (bicyclic) bond motifs is 3. The maximum Gasteiger partial charge on any atom is 0.256 e. The fourth-order valence-corrected chi connectivity index (χ4v) is 6.94. The Kier molecular flexibility index (Phi) is 3.91. The van der Waals surface area contributed by atoms with E-state index < -0.39 is 5.54 Å². The predicted molar refractivity (Wildman–Crippen MR) is 103 cm³/mol. The lowest BCUT2D eigenvalue weighted by Crippen LogP contribution is -2.51. The van der Waals surface area contributed by atoms with Gasteiger partial charge in [0.2, 0.25) is 0 Å². The third-order valence-corrected chi connectivity index (χ3v) is 8.16. The first-order valence-corrected chi connectivity index (χ1v) is 10.7. The monoisotopic (exact) mass is 377 g/mol. The van der Waals surface area contributed by atoms with Gasteiger partial charge in [-0.05, 0) is 45.7 Å². The van der Waals surface area contributed by atoms with Crippen LogP contribution in [-0.2, 0) is 15.1 Å². The number of ether oxygens (including phenoxy) is 1. The van der Waals surface area contributed by atoms with Crippen molar-refractivity contribution in [2.45, 2.75) is 45.3 Å². The summed E-state index contributed by atoms with van der Waals surface area (Å²) in [6, 6.07) is 6.27. The lowest BCUT2D eigenvalue weighted by atomic mass is 9.86. The average molecular weight is 378 g/mol. The molecule has 1 fully saturated rings. The van der Waals surface area contributed by atoms with Crippen LogP contribution in [0.2, 0.25) is 0 Å². The quantitative estimate of drug-likeness (QED) is 0.500. The van der Waals surface area contributed by atoms with Crippen LogP contribution in [0.15, 0.2) is 18.2 Å². The van der Waals surface area contributed by atoms with E-state index in [-0.39, 0.29) is 12.0 Å². The molecule has 6 heteroatoms. The number of benzene rings is 1. The SMILES string of the molecule is Cc1ccc2c(c1)-c1c(ssc1=S)C(C)(C)N2C(=O)[C@H]1CCCO1. The molecule has 0 N–H and O–H groups in total. The number of anilines is 1. The molecule has 4 rings (SSSR count). The van der Waals surface area contributed by atoms with Crippen LogP contribution in [0.25, 0.3) is 11.1 Å². The smallest absolute Gasteiger partial charge is 0.256 e. The average Bonchev–Trinajstić information content (AvgIpc) is 3.17. The highest BCUT2D eigenvalue weighted by atomic mass is 32.9. The molecule has 0 radical (unpaired) electrons. The van der Waals surface area contributed by atoms with Gasteiger partial charge in [0.15, 0.2) is 0 Å². The fraction of sp³-hybridized carbons (Fsp3) is 0.444. The van der Waals surface area contributed by atoms with Gasteiger partial charge in [0.1, 0.15) is 9.93 Å². The Morgan fingerprint density at radius 2 is 2.17 bits per heavy atom. The number of amides is 1. The first kappa shape index (κ1) is 16.4. The molecule has 126 valence electrons. The van der Waals surface area contributed by atoms with Crippen molar-refractivity contribution < 1.29 is 9.53 Å². The predicted octanol–water partition coefficient (Wildman–Crippen LogP) is 5.28. The number of nitrogens with zero attached hydrogens (tertiary/aromatic N) is 1. The van der Waals surface area contributed by atoms with Crippen molar-refractivity contribution >= 4 is 44.5 Å². The van der Waals surface area contributed by atoms with Crippen LogP contribution in [0, 0.1) is 10.7 Å². The van der Waals surface area contributed by atoms with Gasteiger partial charge in [-0.3, -0.25) is 9.69 Å². The molecule has 3 nitrogen and oxygen atoms in total. The van der Waals surface area contributed by atoms with Gasteiger partial charge < -0.3 is 4.74 Å². The lowest BCUT2D eigenvalue weighted by Gasteiger charge is -2.43. The second kappa shape index (κ2) is 5.73. The maximum atomic E-state index is 13.3. The van der Waals surface area contributed by atoms with Gasteiger partial charge in [-0.2, -0.15) is 0 Å². The van der Waals surface area contributed by atoms with E-state index in [2.05, 4.69) is 39.0 Å². The standard InChI is InChI=1S/C18H19NO2S3/c1-10-6-7-12-11(9-10)14-15(23-24-17(14)22)18(2,3)19(12)16(20)13-5-4-8-21-13/h6-7,9,13H,4-5,8H2,1-3H3/t13-/m1/s1. The van der Waals surface area contributed by atoms with E-state index in [0.29, 0.717) is 6.61 Å². The van der Waals surface area contributed by atoms with E-state index in [0.717, 1.165) is 33.5 Å². The second-order valence-corrected chi connectivity index (χ2v) is 9.73. The molecule has 2 aromatic rings. The van der Waals surface area contributed by atoms with Gasteiger partial charge >= 0.3 is 0 Å². The molecular formula is C18H19NO2S3. The number of rotatable bonds is 1. The minimum Gasteiger partial charge on any atom is -0.368 e. The van der Waals surface area contributed by atoms with Crippen LogP contribution >= 0.6 is 32.9 Å². The second-order valence-electron chi connectivity index (χ2n) is 6.91. The van der Waals surface area contributed by atoms with Gasteiger partial charge in [-0.25, -0.2) is 0 Å². The number of hydrogen-bond donors (Lipinski definition) is 0. The zero-order valence-corrected chi connectivity index (χ0v) is 16.4. The maximum absolute atomic E-state index is 13.3. The molecule has 2 aliphatic heterocycles. The molecule has 1 atom stereocenters. The summed E-state index contributed by atoms with van der Waals surface area (Å²) in [5, 5.41) is 0. The van der Waals surface area contributed by atoms with Crippen molar-refractivity contribution in [3.05, 3.63) is 32.5 Å². The van der Waals surface area contributed by atoms with Crippen molar-refractivity contribution in [1.29, 1.82) is 0 Å². The van der Waals surface area contributed by atoms with Crippen molar-refractivity contribution in [3.8, 4) is 11.1 Å². The summed E-state index contributed by atoms with van der Waals surface area (Å²) in [7, 11) is 3.32. The lowest BCUT2D eigenvalue weighted by molar-refractivity contribution is -0.128. The summed E-state index contributed by atoms with van der Waals surface area (Å²) < 4.78 is 6.60. The molecule has 2 aliphatic rings. The van der Waals surface area contributed by atoms with E-state index >= 15 is 0 Å². The van der Waals surface area contributed by atoms with Crippen LogP contribution < -0.4 is 4.90 Å². The van der Waals surface area contributed by atoms with Crippen LogP contribution in [0.5, 0.6) is 0 Å². The summed E-state index contributed by atoms with van der Waals surface area (Å²) in [6.45, 7) is 6.97. The van der Waals surface area contributed by atoms with Crippen LogP contribution in [0.3, 0.4) is 0 Å². The zero-order chi connectivity index (χ0) is 17.1. The Balaban J connectivity index is 1.95. The van der Waals surface area contributed by atoms with Crippen molar-refractivity contribution in [2.24, 2.45) is 0 Å². The zero-order valence-electron chi connectivity index (χ0n) is 13.9.